The van der Waals surface area contributed by atoms with Crippen LogP contribution < -0.4 is 20.3 Å². The monoisotopic (exact) mass is 409 g/mol. The molecule has 2 N–H and O–H groups in total. The molecule has 3 rings (SSSR count). The number of carbonyl (C=O) groups is 1. The standard InChI is InChI=1S/C23H27N3O4/c1-3-29-21-12-16(18-11-15(2)25-23(28)19(18)13-24)9-10-20(21)30-14-22(27)26-17-7-5-4-6-8-17/h9-12,17H,3-8,14H2,1-2H3,(H,25,28)(H,26,27). The summed E-state index contributed by atoms with van der Waals surface area (Å²) in [6.07, 6.45) is 5.55. The largest absolute Gasteiger partial charge is 0.490 e. The van der Waals surface area contributed by atoms with Gasteiger partial charge in [0, 0.05) is 17.3 Å². The molecule has 1 heterocycles. The molecule has 0 aliphatic heterocycles. The lowest BCUT2D eigenvalue weighted by Gasteiger charge is -2.22. The van der Waals surface area contributed by atoms with E-state index in [4.69, 9.17) is 9.47 Å². The first-order chi connectivity index (χ1) is 14.5. The molecular weight excluding hydrogens is 382 g/mol. The Morgan fingerprint density at radius 2 is 1.97 bits per heavy atom. The van der Waals surface area contributed by atoms with Crippen LogP contribution in [-0.4, -0.2) is 30.1 Å². The van der Waals surface area contributed by atoms with Crippen LogP contribution in [0, 0.1) is 18.3 Å². The van der Waals surface area contributed by atoms with Crippen molar-refractivity contribution in [3.8, 4) is 28.7 Å². The third kappa shape index (κ3) is 5.20. The zero-order valence-corrected chi connectivity index (χ0v) is 17.4. The summed E-state index contributed by atoms with van der Waals surface area (Å²) in [6, 6.07) is 9.13. The topological polar surface area (TPSA) is 104 Å². The van der Waals surface area contributed by atoms with E-state index in [0.717, 1.165) is 25.7 Å². The summed E-state index contributed by atoms with van der Waals surface area (Å²) in [5.74, 6) is 0.757. The zero-order chi connectivity index (χ0) is 21.5. The van der Waals surface area contributed by atoms with Gasteiger partial charge < -0.3 is 19.8 Å². The number of rotatable bonds is 7. The molecule has 1 aromatic heterocycles. The second-order valence-electron chi connectivity index (χ2n) is 7.47. The van der Waals surface area contributed by atoms with Gasteiger partial charge in [0.1, 0.15) is 11.6 Å². The molecule has 0 radical (unpaired) electrons. The molecule has 0 spiro atoms. The summed E-state index contributed by atoms with van der Waals surface area (Å²) >= 11 is 0. The number of pyridine rings is 1. The van der Waals surface area contributed by atoms with Gasteiger partial charge in [-0.1, -0.05) is 25.3 Å². The first-order valence-corrected chi connectivity index (χ1v) is 10.3. The van der Waals surface area contributed by atoms with Crippen LogP contribution >= 0.6 is 0 Å². The Morgan fingerprint density at radius 3 is 2.67 bits per heavy atom. The van der Waals surface area contributed by atoms with Gasteiger partial charge in [0.05, 0.1) is 6.61 Å². The smallest absolute Gasteiger partial charge is 0.266 e. The number of nitrogens with zero attached hydrogens (tertiary/aromatic N) is 1. The minimum Gasteiger partial charge on any atom is -0.490 e. The first-order valence-electron chi connectivity index (χ1n) is 10.3. The Hall–Kier alpha value is -3.27. The fraction of sp³-hybridized carbons (Fsp3) is 0.435. The van der Waals surface area contributed by atoms with E-state index < -0.39 is 5.56 Å². The fourth-order valence-electron chi connectivity index (χ4n) is 3.75. The number of hydrogen-bond acceptors (Lipinski definition) is 5. The molecule has 0 bridgehead atoms. The highest BCUT2D eigenvalue weighted by atomic mass is 16.5. The number of ether oxygens (including phenoxy) is 2. The van der Waals surface area contributed by atoms with Crippen molar-refractivity contribution in [1.82, 2.24) is 10.3 Å². The quantitative estimate of drug-likeness (QED) is 0.729. The van der Waals surface area contributed by atoms with E-state index in [2.05, 4.69) is 10.3 Å². The van der Waals surface area contributed by atoms with Crippen LogP contribution in [0.2, 0.25) is 0 Å². The summed E-state index contributed by atoms with van der Waals surface area (Å²) < 4.78 is 11.4. The number of hydrogen-bond donors (Lipinski definition) is 2. The Balaban J connectivity index is 1.78. The molecule has 0 saturated heterocycles. The van der Waals surface area contributed by atoms with Crippen molar-refractivity contribution in [2.24, 2.45) is 0 Å². The van der Waals surface area contributed by atoms with Crippen molar-refractivity contribution in [3.05, 3.63) is 45.9 Å². The van der Waals surface area contributed by atoms with Crippen molar-refractivity contribution in [1.29, 1.82) is 5.26 Å². The number of nitrogens with one attached hydrogen (secondary N) is 2. The molecule has 1 fully saturated rings. The molecule has 1 aliphatic carbocycles. The minimum absolute atomic E-state index is 0.0450. The maximum atomic E-state index is 12.2. The molecule has 1 aliphatic rings. The number of aromatic amines is 1. The number of amides is 1. The number of aromatic nitrogens is 1. The molecule has 7 nitrogen and oxygen atoms in total. The lowest BCUT2D eigenvalue weighted by Crippen LogP contribution is -2.39. The second kappa shape index (κ2) is 9.97. The maximum Gasteiger partial charge on any atom is 0.266 e. The lowest BCUT2D eigenvalue weighted by molar-refractivity contribution is -0.124. The molecule has 0 unspecified atom stereocenters. The summed E-state index contributed by atoms with van der Waals surface area (Å²) in [7, 11) is 0. The molecule has 1 aromatic carbocycles. The van der Waals surface area contributed by atoms with Crippen LogP contribution in [0.25, 0.3) is 11.1 Å². The molecule has 0 atom stereocenters. The predicted octanol–water partition coefficient (Wildman–Crippen LogP) is 3.45. The van der Waals surface area contributed by atoms with Gasteiger partial charge in [0.15, 0.2) is 18.1 Å². The van der Waals surface area contributed by atoms with Crippen LogP contribution in [0.3, 0.4) is 0 Å². The van der Waals surface area contributed by atoms with E-state index in [0.29, 0.717) is 34.9 Å². The van der Waals surface area contributed by atoms with E-state index in [-0.39, 0.29) is 24.1 Å². The highest BCUT2D eigenvalue weighted by Gasteiger charge is 2.17. The molecule has 1 amide bonds. The molecule has 158 valence electrons. The van der Waals surface area contributed by atoms with Gasteiger partial charge in [-0.3, -0.25) is 9.59 Å². The van der Waals surface area contributed by atoms with Gasteiger partial charge in [-0.05, 0) is 50.5 Å². The normalized spacial score (nSPS) is 14.0. The molecular formula is C23H27N3O4. The van der Waals surface area contributed by atoms with Gasteiger partial charge in [-0.2, -0.15) is 5.26 Å². The van der Waals surface area contributed by atoms with Crippen LogP contribution in [0.15, 0.2) is 29.1 Å². The molecule has 2 aromatic rings. The lowest BCUT2D eigenvalue weighted by atomic mass is 9.95. The van der Waals surface area contributed by atoms with E-state index in [1.165, 1.54) is 6.42 Å². The second-order valence-corrected chi connectivity index (χ2v) is 7.47. The van der Waals surface area contributed by atoms with Gasteiger partial charge in [-0.25, -0.2) is 0 Å². The summed E-state index contributed by atoms with van der Waals surface area (Å²) in [4.78, 5) is 27.0. The van der Waals surface area contributed by atoms with Gasteiger partial charge in [0.2, 0.25) is 0 Å². The van der Waals surface area contributed by atoms with Crippen LogP contribution in [0.5, 0.6) is 11.5 Å². The first kappa shape index (κ1) is 21.4. The van der Waals surface area contributed by atoms with E-state index >= 15 is 0 Å². The highest BCUT2D eigenvalue weighted by molar-refractivity contribution is 5.78. The Labute approximate surface area is 176 Å². The summed E-state index contributed by atoms with van der Waals surface area (Å²) in [6.45, 7) is 3.93. The summed E-state index contributed by atoms with van der Waals surface area (Å²) in [5.41, 5.74) is 1.48. The number of benzene rings is 1. The van der Waals surface area contributed by atoms with E-state index in [1.807, 2.05) is 13.0 Å². The third-order valence-corrected chi connectivity index (χ3v) is 5.16. The van der Waals surface area contributed by atoms with Crippen LogP contribution in [0.4, 0.5) is 0 Å². The SMILES string of the molecule is CCOc1cc(-c2cc(C)[nH]c(=O)c2C#N)ccc1OCC(=O)NC1CCCCC1. The molecule has 30 heavy (non-hydrogen) atoms. The van der Waals surface area contributed by atoms with Crippen molar-refractivity contribution < 1.29 is 14.3 Å². The van der Waals surface area contributed by atoms with E-state index in [1.54, 1.807) is 31.2 Å². The Bertz CT molecular complexity index is 1000. The van der Waals surface area contributed by atoms with Crippen LogP contribution in [-0.2, 0) is 4.79 Å². The number of nitriles is 1. The maximum absolute atomic E-state index is 12.2. The Kier molecular flexibility index (Phi) is 7.12. The number of aryl methyl sites for hydroxylation is 1. The van der Waals surface area contributed by atoms with Crippen molar-refractivity contribution in [3.63, 3.8) is 0 Å². The van der Waals surface area contributed by atoms with Gasteiger partial charge in [-0.15, -0.1) is 0 Å². The Morgan fingerprint density at radius 1 is 1.20 bits per heavy atom. The predicted molar refractivity (Wildman–Crippen MR) is 114 cm³/mol. The zero-order valence-electron chi connectivity index (χ0n) is 17.4. The average Bonchev–Trinajstić information content (AvgIpc) is 2.73. The summed E-state index contributed by atoms with van der Waals surface area (Å²) in [5, 5.41) is 12.4. The van der Waals surface area contributed by atoms with Crippen molar-refractivity contribution in [2.45, 2.75) is 52.0 Å². The third-order valence-electron chi connectivity index (χ3n) is 5.16. The van der Waals surface area contributed by atoms with E-state index in [9.17, 15) is 14.9 Å². The fourth-order valence-corrected chi connectivity index (χ4v) is 3.75. The molecule has 1 saturated carbocycles. The van der Waals surface area contributed by atoms with Gasteiger partial charge in [0.25, 0.3) is 11.5 Å². The highest BCUT2D eigenvalue weighted by Crippen LogP contribution is 2.33. The van der Waals surface area contributed by atoms with Crippen molar-refractivity contribution in [2.75, 3.05) is 13.2 Å². The molecule has 7 heteroatoms. The number of carbonyl (C=O) groups excluding carboxylic acids is 1. The minimum atomic E-state index is -0.426. The number of H-pyrrole nitrogens is 1. The average molecular weight is 409 g/mol. The van der Waals surface area contributed by atoms with Crippen LogP contribution in [0.1, 0.15) is 50.3 Å². The van der Waals surface area contributed by atoms with Crippen molar-refractivity contribution >= 4 is 5.91 Å². The van der Waals surface area contributed by atoms with Gasteiger partial charge >= 0.3 is 0 Å².